The fourth-order valence-electron chi connectivity index (χ4n) is 2.05. The van der Waals surface area contributed by atoms with Crippen LogP contribution < -0.4 is 5.32 Å². The van der Waals surface area contributed by atoms with Gasteiger partial charge in [-0.3, -0.25) is 4.90 Å². The minimum Gasteiger partial charge on any atom is -0.458 e. The molecule has 21 heavy (non-hydrogen) atoms. The van der Waals surface area contributed by atoms with Crippen LogP contribution >= 0.6 is 0 Å². The third-order valence-electron chi connectivity index (χ3n) is 3.03. The van der Waals surface area contributed by atoms with E-state index in [0.29, 0.717) is 19.6 Å². The normalized spacial score (nSPS) is 23.7. The summed E-state index contributed by atoms with van der Waals surface area (Å²) < 4.78 is 10.9. The lowest BCUT2D eigenvalue weighted by molar-refractivity contribution is -0.169. The first-order valence-electron chi connectivity index (χ1n) is 7.30. The fourth-order valence-corrected chi connectivity index (χ4v) is 2.05. The Morgan fingerprint density at radius 3 is 2.05 bits per heavy atom. The van der Waals surface area contributed by atoms with Gasteiger partial charge in [0, 0.05) is 19.6 Å². The van der Waals surface area contributed by atoms with E-state index in [2.05, 4.69) is 5.32 Å². The molecule has 1 saturated heterocycles. The van der Waals surface area contributed by atoms with Crippen molar-refractivity contribution in [1.82, 2.24) is 10.2 Å². The maximum atomic E-state index is 12.5. The largest absolute Gasteiger partial charge is 0.458 e. The summed E-state index contributed by atoms with van der Waals surface area (Å²) in [7, 11) is 0. The summed E-state index contributed by atoms with van der Waals surface area (Å²) in [6.45, 7) is 13.9. The zero-order valence-electron chi connectivity index (χ0n) is 14.2. The van der Waals surface area contributed by atoms with E-state index < -0.39 is 28.8 Å². The average molecular weight is 300 g/mol. The van der Waals surface area contributed by atoms with Gasteiger partial charge in [0.15, 0.2) is 5.54 Å². The summed E-state index contributed by atoms with van der Waals surface area (Å²) >= 11 is 0. The van der Waals surface area contributed by atoms with Gasteiger partial charge >= 0.3 is 12.1 Å². The number of amides is 1. The highest BCUT2D eigenvalue weighted by Gasteiger charge is 2.47. The second kappa shape index (κ2) is 5.83. The van der Waals surface area contributed by atoms with E-state index in [9.17, 15) is 9.59 Å². The standard InChI is InChI=1S/C15H28N2O4/c1-13(2,3)20-11(18)15(7)10-16-8-9-17(15)12(19)21-14(4,5)6/h16H,8-10H2,1-7H3/t15-/m0/s1. The Kier molecular flexibility index (Phi) is 4.93. The van der Waals surface area contributed by atoms with Gasteiger partial charge in [0.25, 0.3) is 0 Å². The molecule has 0 aliphatic carbocycles. The number of nitrogens with zero attached hydrogens (tertiary/aromatic N) is 1. The van der Waals surface area contributed by atoms with E-state index in [1.165, 1.54) is 4.90 Å². The summed E-state index contributed by atoms with van der Waals surface area (Å²) in [6, 6.07) is 0. The molecular formula is C15H28N2O4. The van der Waals surface area contributed by atoms with Crippen LogP contribution in [0.4, 0.5) is 4.79 Å². The summed E-state index contributed by atoms with van der Waals surface area (Å²) in [5, 5.41) is 3.14. The molecule has 0 bridgehead atoms. The third-order valence-corrected chi connectivity index (χ3v) is 3.03. The van der Waals surface area contributed by atoms with Crippen LogP contribution in [0.5, 0.6) is 0 Å². The number of carbonyl (C=O) groups excluding carboxylic acids is 2. The monoisotopic (exact) mass is 300 g/mol. The Morgan fingerprint density at radius 2 is 1.57 bits per heavy atom. The van der Waals surface area contributed by atoms with E-state index >= 15 is 0 Å². The molecule has 1 aliphatic rings. The smallest absolute Gasteiger partial charge is 0.411 e. The first-order chi connectivity index (χ1) is 9.35. The van der Waals surface area contributed by atoms with E-state index in [-0.39, 0.29) is 0 Å². The lowest BCUT2D eigenvalue weighted by Crippen LogP contribution is -2.66. The van der Waals surface area contributed by atoms with Crippen molar-refractivity contribution >= 4 is 12.1 Å². The quantitative estimate of drug-likeness (QED) is 0.749. The van der Waals surface area contributed by atoms with Gasteiger partial charge in [-0.2, -0.15) is 0 Å². The summed E-state index contributed by atoms with van der Waals surface area (Å²) in [5.74, 6) is -0.423. The number of rotatable bonds is 1. The molecule has 1 rings (SSSR count). The van der Waals surface area contributed by atoms with Crippen molar-refractivity contribution in [1.29, 1.82) is 0 Å². The van der Waals surface area contributed by atoms with Crippen LogP contribution in [0.25, 0.3) is 0 Å². The molecule has 0 spiro atoms. The maximum absolute atomic E-state index is 12.5. The Balaban J connectivity index is 2.94. The number of ether oxygens (including phenoxy) is 2. The molecular weight excluding hydrogens is 272 g/mol. The Hall–Kier alpha value is -1.30. The van der Waals surface area contributed by atoms with Crippen LogP contribution in [0, 0.1) is 0 Å². The lowest BCUT2D eigenvalue weighted by atomic mass is 9.97. The van der Waals surface area contributed by atoms with Gasteiger partial charge < -0.3 is 14.8 Å². The molecule has 0 saturated carbocycles. The lowest BCUT2D eigenvalue weighted by Gasteiger charge is -2.44. The first-order valence-corrected chi connectivity index (χ1v) is 7.30. The van der Waals surface area contributed by atoms with Gasteiger partial charge in [-0.25, -0.2) is 9.59 Å². The number of hydrogen-bond donors (Lipinski definition) is 1. The molecule has 0 radical (unpaired) electrons. The molecule has 1 N–H and O–H groups in total. The SMILES string of the molecule is CC(C)(C)OC(=O)N1CCNC[C@@]1(C)C(=O)OC(C)(C)C. The molecule has 1 amide bonds. The molecule has 0 aromatic rings. The van der Waals surface area contributed by atoms with Gasteiger partial charge in [0.2, 0.25) is 0 Å². The van der Waals surface area contributed by atoms with Crippen molar-refractivity contribution in [3.63, 3.8) is 0 Å². The Labute approximate surface area is 127 Å². The van der Waals surface area contributed by atoms with E-state index in [0.717, 1.165) is 0 Å². The number of esters is 1. The van der Waals surface area contributed by atoms with Gasteiger partial charge in [-0.1, -0.05) is 0 Å². The molecule has 122 valence electrons. The molecule has 0 aromatic heterocycles. The summed E-state index contributed by atoms with van der Waals surface area (Å²) in [6.07, 6.45) is -0.489. The minimum atomic E-state index is -1.06. The second-order valence-electron chi connectivity index (χ2n) is 7.58. The summed E-state index contributed by atoms with van der Waals surface area (Å²) in [5.41, 5.74) is -2.26. The van der Waals surface area contributed by atoms with E-state index in [4.69, 9.17) is 9.47 Å². The molecule has 1 aliphatic heterocycles. The van der Waals surface area contributed by atoms with Crippen LogP contribution in [-0.2, 0) is 14.3 Å². The second-order valence-corrected chi connectivity index (χ2v) is 7.58. The number of hydrogen-bond acceptors (Lipinski definition) is 5. The molecule has 0 aromatic carbocycles. The fraction of sp³-hybridized carbons (Fsp3) is 0.867. The van der Waals surface area contributed by atoms with E-state index in [1.807, 2.05) is 20.8 Å². The van der Waals surface area contributed by atoms with Crippen LogP contribution in [0.1, 0.15) is 48.5 Å². The van der Waals surface area contributed by atoms with Crippen molar-refractivity contribution < 1.29 is 19.1 Å². The van der Waals surface area contributed by atoms with Gasteiger partial charge in [-0.15, -0.1) is 0 Å². The van der Waals surface area contributed by atoms with Crippen molar-refractivity contribution in [2.24, 2.45) is 0 Å². The van der Waals surface area contributed by atoms with Crippen molar-refractivity contribution in [2.45, 2.75) is 65.2 Å². The highest BCUT2D eigenvalue weighted by Crippen LogP contribution is 2.24. The highest BCUT2D eigenvalue weighted by molar-refractivity contribution is 5.86. The number of carbonyl (C=O) groups is 2. The molecule has 1 heterocycles. The molecule has 1 atom stereocenters. The zero-order chi connectivity index (χ0) is 16.5. The van der Waals surface area contributed by atoms with Crippen molar-refractivity contribution in [3.8, 4) is 0 Å². The number of piperazine rings is 1. The van der Waals surface area contributed by atoms with Gasteiger partial charge in [-0.05, 0) is 48.5 Å². The molecule has 1 fully saturated rings. The van der Waals surface area contributed by atoms with Crippen LogP contribution in [0.15, 0.2) is 0 Å². The van der Waals surface area contributed by atoms with Gasteiger partial charge in [0.05, 0.1) is 0 Å². The van der Waals surface area contributed by atoms with Gasteiger partial charge in [0.1, 0.15) is 11.2 Å². The zero-order valence-corrected chi connectivity index (χ0v) is 14.2. The molecule has 6 heteroatoms. The van der Waals surface area contributed by atoms with Crippen molar-refractivity contribution in [3.05, 3.63) is 0 Å². The first kappa shape index (κ1) is 17.8. The topological polar surface area (TPSA) is 67.9 Å². The van der Waals surface area contributed by atoms with Crippen LogP contribution in [-0.4, -0.2) is 53.3 Å². The van der Waals surface area contributed by atoms with Crippen LogP contribution in [0.3, 0.4) is 0 Å². The van der Waals surface area contributed by atoms with Crippen LogP contribution in [0.2, 0.25) is 0 Å². The summed E-state index contributed by atoms with van der Waals surface area (Å²) in [4.78, 5) is 26.3. The van der Waals surface area contributed by atoms with Crippen molar-refractivity contribution in [2.75, 3.05) is 19.6 Å². The third kappa shape index (κ3) is 4.88. The predicted molar refractivity (Wildman–Crippen MR) is 80.1 cm³/mol. The Morgan fingerprint density at radius 1 is 1.05 bits per heavy atom. The molecule has 6 nitrogen and oxygen atoms in total. The predicted octanol–water partition coefficient (Wildman–Crippen LogP) is 1.93. The van der Waals surface area contributed by atoms with E-state index in [1.54, 1.807) is 27.7 Å². The molecule has 0 unspecified atom stereocenters. The Bertz CT molecular complexity index is 409. The highest BCUT2D eigenvalue weighted by atomic mass is 16.6. The average Bonchev–Trinajstić information content (AvgIpc) is 2.24. The maximum Gasteiger partial charge on any atom is 0.411 e. The number of nitrogens with one attached hydrogen (secondary N) is 1. The minimum absolute atomic E-state index is 0.348.